The molecule has 0 bridgehead atoms. The third-order valence-electron chi connectivity index (χ3n) is 2.85. The molecule has 0 spiro atoms. The van der Waals surface area contributed by atoms with E-state index >= 15 is 0 Å². The average Bonchev–Trinajstić information content (AvgIpc) is 2.47. The zero-order valence-corrected chi connectivity index (χ0v) is 11.4. The molecule has 0 saturated carbocycles. The molecular weight excluding hydrogens is 266 g/mol. The van der Waals surface area contributed by atoms with Crippen molar-refractivity contribution in [3.8, 4) is 0 Å². The van der Waals surface area contributed by atoms with Gasteiger partial charge in [-0.2, -0.15) is 0 Å². The second-order valence-corrected chi connectivity index (χ2v) is 4.48. The van der Waals surface area contributed by atoms with Gasteiger partial charge in [-0.3, -0.25) is 5.41 Å². The fourth-order valence-corrected chi connectivity index (χ4v) is 1.83. The molecule has 0 aliphatic heterocycles. The number of rotatable bonds is 4. The number of hydrogen-bond acceptors (Lipinski definition) is 3. The molecule has 0 aromatic heterocycles. The van der Waals surface area contributed by atoms with Crippen LogP contribution < -0.4 is 22.1 Å². The van der Waals surface area contributed by atoms with Crippen LogP contribution in [0.15, 0.2) is 48.5 Å². The summed E-state index contributed by atoms with van der Waals surface area (Å²) in [6.07, 6.45) is 0. The lowest BCUT2D eigenvalue weighted by Crippen LogP contribution is -2.20. The smallest absolute Gasteiger partial charge is 0.323 e. The molecule has 21 heavy (non-hydrogen) atoms. The number of hydrogen-bond donors (Lipinski definition) is 5. The van der Waals surface area contributed by atoms with Crippen LogP contribution in [0.25, 0.3) is 0 Å². The van der Waals surface area contributed by atoms with Crippen LogP contribution in [0.5, 0.6) is 0 Å². The first-order chi connectivity index (χ1) is 10.1. The SMILES string of the molecule is N=C(N)c1cccc(NC(=O)Nc2cccc(CN)c2)c1. The van der Waals surface area contributed by atoms with Crippen LogP contribution in [0.4, 0.5) is 16.2 Å². The highest BCUT2D eigenvalue weighted by molar-refractivity contribution is 6.01. The fraction of sp³-hybridized carbons (Fsp3) is 0.0667. The van der Waals surface area contributed by atoms with Crippen molar-refractivity contribution in [3.05, 3.63) is 59.7 Å². The first-order valence-corrected chi connectivity index (χ1v) is 6.40. The van der Waals surface area contributed by atoms with E-state index in [1.165, 1.54) is 0 Å². The number of amides is 2. The summed E-state index contributed by atoms with van der Waals surface area (Å²) in [6.45, 7) is 0.414. The number of carbonyl (C=O) groups is 1. The fourth-order valence-electron chi connectivity index (χ4n) is 1.83. The van der Waals surface area contributed by atoms with Crippen LogP contribution in [0, 0.1) is 5.41 Å². The van der Waals surface area contributed by atoms with Crippen molar-refractivity contribution in [1.29, 1.82) is 5.41 Å². The van der Waals surface area contributed by atoms with Gasteiger partial charge in [0.15, 0.2) is 0 Å². The van der Waals surface area contributed by atoms with Gasteiger partial charge in [0.2, 0.25) is 0 Å². The van der Waals surface area contributed by atoms with Gasteiger partial charge < -0.3 is 22.1 Å². The Labute approximate surface area is 122 Å². The normalized spacial score (nSPS) is 9.95. The van der Waals surface area contributed by atoms with Crippen molar-refractivity contribution >= 4 is 23.2 Å². The van der Waals surface area contributed by atoms with E-state index in [1.54, 1.807) is 30.3 Å². The molecule has 0 unspecified atom stereocenters. The second kappa shape index (κ2) is 6.53. The molecule has 2 amide bonds. The summed E-state index contributed by atoms with van der Waals surface area (Å²) in [5.74, 6) is -0.0466. The first-order valence-electron chi connectivity index (χ1n) is 6.40. The van der Waals surface area contributed by atoms with E-state index in [0.717, 1.165) is 5.56 Å². The summed E-state index contributed by atoms with van der Waals surface area (Å²) >= 11 is 0. The van der Waals surface area contributed by atoms with Crippen LogP contribution >= 0.6 is 0 Å². The molecule has 0 aliphatic carbocycles. The molecule has 2 aromatic carbocycles. The summed E-state index contributed by atoms with van der Waals surface area (Å²) in [5, 5.41) is 12.8. The monoisotopic (exact) mass is 283 g/mol. The molecule has 2 aromatic rings. The van der Waals surface area contributed by atoms with E-state index in [0.29, 0.717) is 23.5 Å². The van der Waals surface area contributed by atoms with Gasteiger partial charge in [-0.05, 0) is 29.8 Å². The van der Waals surface area contributed by atoms with Gasteiger partial charge in [-0.15, -0.1) is 0 Å². The number of carbonyl (C=O) groups excluding carboxylic acids is 1. The van der Waals surface area contributed by atoms with Crippen molar-refractivity contribution < 1.29 is 4.79 Å². The summed E-state index contributed by atoms with van der Waals surface area (Å²) < 4.78 is 0. The Bertz CT molecular complexity index is 669. The minimum absolute atomic E-state index is 0.0466. The maximum atomic E-state index is 11.9. The van der Waals surface area contributed by atoms with Crippen LogP contribution in [0.3, 0.4) is 0 Å². The molecular formula is C15H17N5O. The number of amidine groups is 1. The number of nitrogens with one attached hydrogen (secondary N) is 3. The minimum atomic E-state index is -0.370. The highest BCUT2D eigenvalue weighted by Gasteiger charge is 2.04. The number of urea groups is 1. The summed E-state index contributed by atoms with van der Waals surface area (Å²) in [7, 11) is 0. The summed E-state index contributed by atoms with van der Waals surface area (Å²) in [6, 6.07) is 13.7. The zero-order valence-electron chi connectivity index (χ0n) is 11.4. The van der Waals surface area contributed by atoms with E-state index in [-0.39, 0.29) is 11.9 Å². The maximum Gasteiger partial charge on any atom is 0.323 e. The Kier molecular flexibility index (Phi) is 4.53. The van der Waals surface area contributed by atoms with Crippen molar-refractivity contribution in [2.75, 3.05) is 10.6 Å². The molecule has 0 saturated heterocycles. The van der Waals surface area contributed by atoms with Crippen LogP contribution in [-0.2, 0) is 6.54 Å². The van der Waals surface area contributed by atoms with Crippen LogP contribution in [0.2, 0.25) is 0 Å². The van der Waals surface area contributed by atoms with Crippen LogP contribution in [0.1, 0.15) is 11.1 Å². The Morgan fingerprint density at radius 2 is 1.67 bits per heavy atom. The topological polar surface area (TPSA) is 117 Å². The highest BCUT2D eigenvalue weighted by atomic mass is 16.2. The Balaban J connectivity index is 2.04. The number of benzene rings is 2. The van der Waals surface area contributed by atoms with Crippen LogP contribution in [-0.4, -0.2) is 11.9 Å². The van der Waals surface area contributed by atoms with Gasteiger partial charge in [0.1, 0.15) is 5.84 Å². The lowest BCUT2D eigenvalue weighted by Gasteiger charge is -2.09. The molecule has 0 aliphatic rings. The van der Waals surface area contributed by atoms with E-state index in [2.05, 4.69) is 10.6 Å². The summed E-state index contributed by atoms with van der Waals surface area (Å²) in [4.78, 5) is 11.9. The van der Waals surface area contributed by atoms with Gasteiger partial charge in [-0.25, -0.2) is 4.79 Å². The molecule has 2 rings (SSSR count). The van der Waals surface area contributed by atoms with Gasteiger partial charge >= 0.3 is 6.03 Å². The molecule has 108 valence electrons. The lowest BCUT2D eigenvalue weighted by atomic mass is 10.2. The predicted molar refractivity (Wildman–Crippen MR) is 84.4 cm³/mol. The van der Waals surface area contributed by atoms with E-state index < -0.39 is 0 Å². The molecule has 0 radical (unpaired) electrons. The molecule has 0 atom stereocenters. The van der Waals surface area contributed by atoms with E-state index in [1.807, 2.05) is 18.2 Å². The molecule has 6 heteroatoms. The van der Waals surface area contributed by atoms with Gasteiger partial charge in [0.05, 0.1) is 0 Å². The van der Waals surface area contributed by atoms with Crippen molar-refractivity contribution in [3.63, 3.8) is 0 Å². The molecule has 7 N–H and O–H groups in total. The van der Waals surface area contributed by atoms with Crippen molar-refractivity contribution in [2.45, 2.75) is 6.54 Å². The minimum Gasteiger partial charge on any atom is -0.384 e. The zero-order chi connectivity index (χ0) is 15.2. The molecule has 0 heterocycles. The number of anilines is 2. The quantitative estimate of drug-likeness (QED) is 0.436. The largest absolute Gasteiger partial charge is 0.384 e. The Morgan fingerprint density at radius 1 is 1.05 bits per heavy atom. The van der Waals surface area contributed by atoms with Gasteiger partial charge in [-0.1, -0.05) is 24.3 Å². The maximum absolute atomic E-state index is 11.9. The number of nitrogens with two attached hydrogens (primary N) is 2. The first kappa shape index (κ1) is 14.5. The van der Waals surface area contributed by atoms with Gasteiger partial charge in [0, 0.05) is 23.5 Å². The average molecular weight is 283 g/mol. The number of nitrogen functional groups attached to an aromatic ring is 1. The van der Waals surface area contributed by atoms with Crippen molar-refractivity contribution in [2.24, 2.45) is 11.5 Å². The predicted octanol–water partition coefficient (Wildman–Crippen LogP) is 2.07. The standard InChI is InChI=1S/C15H17N5O/c16-9-10-3-1-5-12(7-10)19-15(21)20-13-6-2-4-11(8-13)14(17)18/h1-8H,9,16H2,(H3,17,18)(H2,19,20,21). The third-order valence-corrected chi connectivity index (χ3v) is 2.85. The highest BCUT2D eigenvalue weighted by Crippen LogP contribution is 2.13. The molecule has 6 nitrogen and oxygen atoms in total. The summed E-state index contributed by atoms with van der Waals surface area (Å²) in [5.41, 5.74) is 13.7. The van der Waals surface area contributed by atoms with Gasteiger partial charge in [0.25, 0.3) is 0 Å². The Hall–Kier alpha value is -2.86. The second-order valence-electron chi connectivity index (χ2n) is 4.48. The van der Waals surface area contributed by atoms with Crippen molar-refractivity contribution in [1.82, 2.24) is 0 Å². The van der Waals surface area contributed by atoms with E-state index in [9.17, 15) is 4.79 Å². The van der Waals surface area contributed by atoms with E-state index in [4.69, 9.17) is 16.9 Å². The Morgan fingerprint density at radius 3 is 2.29 bits per heavy atom. The third kappa shape index (κ3) is 4.05. The molecule has 0 fully saturated rings. The lowest BCUT2D eigenvalue weighted by molar-refractivity contribution is 0.262.